The average molecular weight is 478 g/mol. The second-order valence-electron chi connectivity index (χ2n) is 7.71. The number of hydrogen-bond acceptors (Lipinski definition) is 7. The summed E-state index contributed by atoms with van der Waals surface area (Å²) in [6.07, 6.45) is 0. The summed E-state index contributed by atoms with van der Waals surface area (Å²) in [7, 11) is 0.396. The second-order valence-corrected chi connectivity index (χ2v) is 9.76. The van der Waals surface area contributed by atoms with Crippen LogP contribution in [0, 0.1) is 0 Å². The Morgan fingerprint density at radius 3 is 2.39 bits per heavy atom. The molecule has 1 fully saturated rings. The first-order chi connectivity index (χ1) is 15.8. The van der Waals surface area contributed by atoms with Gasteiger partial charge in [-0.1, -0.05) is 24.3 Å². The molecule has 0 atom stereocenters. The molecule has 0 unspecified atom stereocenters. The number of benzene rings is 2. The molecule has 10 heteroatoms. The van der Waals surface area contributed by atoms with E-state index in [0.29, 0.717) is 18.0 Å². The Labute approximate surface area is 195 Å². The SMILES string of the molecule is COc1ccc(S(=O)(=O)N(C)CC(=O)NCc2ccccc2CN2CCOCC2)cc1OC. The molecule has 1 saturated heterocycles. The molecular weight excluding hydrogens is 446 g/mol. The summed E-state index contributed by atoms with van der Waals surface area (Å²) < 4.78 is 42.6. The van der Waals surface area contributed by atoms with Crippen molar-refractivity contribution < 1.29 is 27.4 Å². The molecule has 0 spiro atoms. The van der Waals surface area contributed by atoms with Gasteiger partial charge in [0.15, 0.2) is 11.5 Å². The van der Waals surface area contributed by atoms with Gasteiger partial charge in [0.25, 0.3) is 0 Å². The van der Waals surface area contributed by atoms with Crippen molar-refractivity contribution in [3.63, 3.8) is 0 Å². The fourth-order valence-corrected chi connectivity index (χ4v) is 4.72. The number of amides is 1. The lowest BCUT2D eigenvalue weighted by Gasteiger charge is -2.27. The largest absolute Gasteiger partial charge is 0.493 e. The topological polar surface area (TPSA) is 97.4 Å². The van der Waals surface area contributed by atoms with Crippen molar-refractivity contribution in [3.05, 3.63) is 53.6 Å². The lowest BCUT2D eigenvalue weighted by molar-refractivity contribution is -0.121. The summed E-state index contributed by atoms with van der Waals surface area (Å²) in [4.78, 5) is 14.9. The van der Waals surface area contributed by atoms with Gasteiger partial charge in [-0.05, 0) is 23.3 Å². The predicted octanol–water partition coefficient (Wildman–Crippen LogP) is 1.47. The number of rotatable bonds is 10. The molecule has 0 aromatic heterocycles. The third-order valence-electron chi connectivity index (χ3n) is 5.52. The number of likely N-dealkylation sites (N-methyl/N-ethyl adjacent to an activating group) is 1. The third kappa shape index (κ3) is 6.44. The highest BCUT2D eigenvalue weighted by atomic mass is 32.2. The van der Waals surface area contributed by atoms with E-state index in [4.69, 9.17) is 14.2 Å². The summed E-state index contributed by atoms with van der Waals surface area (Å²) in [5.41, 5.74) is 2.13. The summed E-state index contributed by atoms with van der Waals surface area (Å²) in [6, 6.07) is 12.2. The summed E-state index contributed by atoms with van der Waals surface area (Å²) in [5, 5.41) is 2.84. The number of carbonyl (C=O) groups excluding carboxylic acids is 1. The fourth-order valence-electron chi connectivity index (χ4n) is 3.58. The molecule has 1 N–H and O–H groups in total. The predicted molar refractivity (Wildman–Crippen MR) is 124 cm³/mol. The van der Waals surface area contributed by atoms with Crippen molar-refractivity contribution >= 4 is 15.9 Å². The van der Waals surface area contributed by atoms with E-state index in [-0.39, 0.29) is 17.3 Å². The standard InChI is InChI=1S/C23H31N3O6S/c1-25(33(28,29)20-8-9-21(30-2)22(14-20)31-3)17-23(27)24-15-18-6-4-5-7-19(18)16-26-10-12-32-13-11-26/h4-9,14H,10-13,15-17H2,1-3H3,(H,24,27). The van der Waals surface area contributed by atoms with Crippen LogP contribution in [0.15, 0.2) is 47.4 Å². The first-order valence-corrected chi connectivity index (χ1v) is 12.1. The normalized spacial score (nSPS) is 14.8. The zero-order chi connectivity index (χ0) is 23.8. The molecular formula is C23H31N3O6S. The number of methoxy groups -OCH3 is 2. The zero-order valence-corrected chi connectivity index (χ0v) is 20.1. The Balaban J connectivity index is 1.61. The highest BCUT2D eigenvalue weighted by Gasteiger charge is 2.24. The second kappa shape index (κ2) is 11.5. The molecule has 1 aliphatic rings. The van der Waals surface area contributed by atoms with Crippen LogP contribution in [0.3, 0.4) is 0 Å². The first-order valence-electron chi connectivity index (χ1n) is 10.7. The monoisotopic (exact) mass is 477 g/mol. The van der Waals surface area contributed by atoms with Crippen LogP contribution >= 0.6 is 0 Å². The van der Waals surface area contributed by atoms with Crippen LogP contribution in [0.25, 0.3) is 0 Å². The smallest absolute Gasteiger partial charge is 0.243 e. The molecule has 2 aromatic carbocycles. The number of nitrogens with zero attached hydrogens (tertiary/aromatic N) is 2. The van der Waals surface area contributed by atoms with Crippen LogP contribution in [0.2, 0.25) is 0 Å². The van der Waals surface area contributed by atoms with Crippen molar-refractivity contribution in [1.82, 2.24) is 14.5 Å². The molecule has 0 radical (unpaired) electrons. The minimum atomic E-state index is -3.88. The van der Waals surface area contributed by atoms with Gasteiger partial charge in [0, 0.05) is 39.3 Å². The molecule has 3 rings (SSSR count). The zero-order valence-electron chi connectivity index (χ0n) is 19.2. The van der Waals surface area contributed by atoms with Crippen molar-refractivity contribution in [2.75, 3.05) is 54.1 Å². The van der Waals surface area contributed by atoms with Gasteiger partial charge >= 0.3 is 0 Å². The van der Waals surface area contributed by atoms with E-state index in [0.717, 1.165) is 48.3 Å². The molecule has 0 bridgehead atoms. The Morgan fingerprint density at radius 1 is 1.06 bits per heavy atom. The Hall–Kier alpha value is -2.66. The molecule has 2 aromatic rings. The van der Waals surface area contributed by atoms with E-state index in [1.807, 2.05) is 24.3 Å². The van der Waals surface area contributed by atoms with Crippen LogP contribution in [0.4, 0.5) is 0 Å². The van der Waals surface area contributed by atoms with E-state index in [1.165, 1.54) is 39.5 Å². The Bertz CT molecular complexity index is 1050. The molecule has 1 amide bonds. The Morgan fingerprint density at radius 2 is 1.73 bits per heavy atom. The third-order valence-corrected chi connectivity index (χ3v) is 7.32. The van der Waals surface area contributed by atoms with E-state index < -0.39 is 10.0 Å². The van der Waals surface area contributed by atoms with Gasteiger partial charge in [-0.3, -0.25) is 9.69 Å². The maximum atomic E-state index is 12.9. The molecule has 0 saturated carbocycles. The fraction of sp³-hybridized carbons (Fsp3) is 0.435. The van der Waals surface area contributed by atoms with Gasteiger partial charge in [-0.25, -0.2) is 8.42 Å². The van der Waals surface area contributed by atoms with Crippen LogP contribution in [0.1, 0.15) is 11.1 Å². The van der Waals surface area contributed by atoms with Crippen LogP contribution < -0.4 is 14.8 Å². The van der Waals surface area contributed by atoms with Gasteiger partial charge in [-0.2, -0.15) is 4.31 Å². The minimum Gasteiger partial charge on any atom is -0.493 e. The van der Waals surface area contributed by atoms with E-state index in [9.17, 15) is 13.2 Å². The number of sulfonamides is 1. The molecule has 0 aliphatic carbocycles. The maximum Gasteiger partial charge on any atom is 0.243 e. The molecule has 33 heavy (non-hydrogen) atoms. The van der Waals surface area contributed by atoms with Crippen molar-refractivity contribution in [2.24, 2.45) is 0 Å². The van der Waals surface area contributed by atoms with Crippen LogP contribution in [-0.4, -0.2) is 77.6 Å². The van der Waals surface area contributed by atoms with Gasteiger partial charge in [0.2, 0.25) is 15.9 Å². The minimum absolute atomic E-state index is 0.0197. The lowest BCUT2D eigenvalue weighted by Crippen LogP contribution is -2.38. The maximum absolute atomic E-state index is 12.9. The average Bonchev–Trinajstić information content (AvgIpc) is 2.83. The lowest BCUT2D eigenvalue weighted by atomic mass is 10.1. The van der Waals surface area contributed by atoms with Gasteiger partial charge in [-0.15, -0.1) is 0 Å². The van der Waals surface area contributed by atoms with E-state index >= 15 is 0 Å². The van der Waals surface area contributed by atoms with Crippen molar-refractivity contribution in [2.45, 2.75) is 18.0 Å². The van der Waals surface area contributed by atoms with Gasteiger partial charge < -0.3 is 19.5 Å². The molecule has 180 valence electrons. The highest BCUT2D eigenvalue weighted by molar-refractivity contribution is 7.89. The number of morpholine rings is 1. The summed E-state index contributed by atoms with van der Waals surface area (Å²) >= 11 is 0. The molecule has 1 heterocycles. The highest BCUT2D eigenvalue weighted by Crippen LogP contribution is 2.30. The van der Waals surface area contributed by atoms with Crippen molar-refractivity contribution in [1.29, 1.82) is 0 Å². The number of hydrogen-bond donors (Lipinski definition) is 1. The van der Waals surface area contributed by atoms with E-state index in [1.54, 1.807) is 0 Å². The summed E-state index contributed by atoms with van der Waals surface area (Å²) in [5.74, 6) is 0.337. The number of nitrogens with one attached hydrogen (secondary N) is 1. The first kappa shape index (κ1) is 25.0. The Kier molecular flexibility index (Phi) is 8.67. The van der Waals surface area contributed by atoms with Gasteiger partial charge in [0.1, 0.15) is 0 Å². The van der Waals surface area contributed by atoms with Crippen molar-refractivity contribution in [3.8, 4) is 11.5 Å². The van der Waals surface area contributed by atoms with Crippen LogP contribution in [-0.2, 0) is 32.6 Å². The quantitative estimate of drug-likeness (QED) is 0.554. The summed E-state index contributed by atoms with van der Waals surface area (Å²) in [6.45, 7) is 3.99. The van der Waals surface area contributed by atoms with Crippen LogP contribution in [0.5, 0.6) is 11.5 Å². The number of carbonyl (C=O) groups is 1. The van der Waals surface area contributed by atoms with Gasteiger partial charge in [0.05, 0.1) is 38.9 Å². The molecule has 9 nitrogen and oxygen atoms in total. The number of ether oxygens (including phenoxy) is 3. The van der Waals surface area contributed by atoms with E-state index in [2.05, 4.69) is 10.2 Å². The molecule has 1 aliphatic heterocycles.